The van der Waals surface area contributed by atoms with Gasteiger partial charge in [0.2, 0.25) is 0 Å². The molecule has 26 heavy (non-hydrogen) atoms. The summed E-state index contributed by atoms with van der Waals surface area (Å²) < 4.78 is 36.3. The first kappa shape index (κ1) is 18.2. The molecule has 2 aromatic rings. The predicted molar refractivity (Wildman–Crippen MR) is 93.6 cm³/mol. The summed E-state index contributed by atoms with van der Waals surface area (Å²) in [5.41, 5.74) is 2.63. The van der Waals surface area contributed by atoms with Crippen molar-refractivity contribution in [3.63, 3.8) is 0 Å². The van der Waals surface area contributed by atoms with Crippen LogP contribution in [0.1, 0.15) is 28.8 Å². The molecule has 0 aliphatic carbocycles. The standard InChI is InChI=1S/C18H19NO6S/c1-12(13-2-4-14(5-3-13)18(20)19-21)11-26(22,23)15-6-7-16-17(10-15)25-9-8-24-16/h2-7,10,12,21H,8-9,11H2,1H3,(H,19,20). The van der Waals surface area contributed by atoms with Crippen LogP contribution >= 0.6 is 0 Å². The van der Waals surface area contributed by atoms with Crippen molar-refractivity contribution in [1.29, 1.82) is 0 Å². The molecule has 1 atom stereocenters. The lowest BCUT2D eigenvalue weighted by Gasteiger charge is -2.19. The Hall–Kier alpha value is -2.58. The number of amides is 1. The van der Waals surface area contributed by atoms with Crippen molar-refractivity contribution in [2.24, 2.45) is 0 Å². The minimum absolute atomic E-state index is 0.0851. The highest BCUT2D eigenvalue weighted by molar-refractivity contribution is 7.91. The van der Waals surface area contributed by atoms with Crippen molar-refractivity contribution in [3.05, 3.63) is 53.6 Å². The highest BCUT2D eigenvalue weighted by atomic mass is 32.2. The van der Waals surface area contributed by atoms with Crippen LogP contribution in [0.15, 0.2) is 47.4 Å². The maximum atomic E-state index is 12.7. The Morgan fingerprint density at radius 2 is 1.77 bits per heavy atom. The molecule has 1 amide bonds. The highest BCUT2D eigenvalue weighted by Gasteiger charge is 2.22. The lowest BCUT2D eigenvalue weighted by molar-refractivity contribution is 0.0706. The average Bonchev–Trinajstić information content (AvgIpc) is 2.66. The average molecular weight is 377 g/mol. The number of hydroxylamine groups is 1. The van der Waals surface area contributed by atoms with Gasteiger partial charge in [-0.25, -0.2) is 13.9 Å². The van der Waals surface area contributed by atoms with Crippen molar-refractivity contribution < 1.29 is 27.9 Å². The van der Waals surface area contributed by atoms with E-state index in [2.05, 4.69) is 0 Å². The second-order valence-corrected chi connectivity index (χ2v) is 8.09. The Balaban J connectivity index is 1.77. The molecule has 7 nitrogen and oxygen atoms in total. The van der Waals surface area contributed by atoms with E-state index >= 15 is 0 Å². The van der Waals surface area contributed by atoms with Crippen LogP contribution in [0.3, 0.4) is 0 Å². The topological polar surface area (TPSA) is 102 Å². The molecule has 1 heterocycles. The van der Waals surface area contributed by atoms with Crippen molar-refractivity contribution >= 4 is 15.7 Å². The third-order valence-electron chi connectivity index (χ3n) is 4.19. The molecule has 3 rings (SSSR count). The number of hydrogen-bond acceptors (Lipinski definition) is 6. The summed E-state index contributed by atoms with van der Waals surface area (Å²) in [6, 6.07) is 11.0. The second kappa shape index (κ2) is 7.35. The fourth-order valence-electron chi connectivity index (χ4n) is 2.77. The zero-order chi connectivity index (χ0) is 18.7. The van der Waals surface area contributed by atoms with Crippen molar-refractivity contribution in [3.8, 4) is 11.5 Å². The summed E-state index contributed by atoms with van der Waals surface area (Å²) in [5, 5.41) is 8.63. The molecule has 8 heteroatoms. The number of ether oxygens (including phenoxy) is 2. The molecule has 0 radical (unpaired) electrons. The SMILES string of the molecule is CC(CS(=O)(=O)c1ccc2c(c1)OCCO2)c1ccc(C(=O)NO)cc1. The molecule has 0 saturated heterocycles. The van der Waals surface area contributed by atoms with E-state index in [9.17, 15) is 13.2 Å². The molecule has 0 aromatic heterocycles. The van der Waals surface area contributed by atoms with E-state index in [1.54, 1.807) is 30.6 Å². The first-order chi connectivity index (χ1) is 12.4. The van der Waals surface area contributed by atoms with Gasteiger partial charge in [0.15, 0.2) is 21.3 Å². The largest absolute Gasteiger partial charge is 0.486 e. The Morgan fingerprint density at radius 1 is 1.12 bits per heavy atom. The van der Waals surface area contributed by atoms with Crippen LogP contribution in [-0.2, 0) is 9.84 Å². The van der Waals surface area contributed by atoms with Gasteiger partial charge in [0, 0.05) is 11.6 Å². The van der Waals surface area contributed by atoms with Crippen LogP contribution in [-0.4, -0.2) is 38.5 Å². The Morgan fingerprint density at radius 3 is 2.42 bits per heavy atom. The van der Waals surface area contributed by atoms with Crippen LogP contribution in [0.25, 0.3) is 0 Å². The number of nitrogens with one attached hydrogen (secondary N) is 1. The van der Waals surface area contributed by atoms with E-state index in [-0.39, 0.29) is 22.1 Å². The number of benzene rings is 2. The molecular formula is C18H19NO6S. The molecule has 1 aliphatic rings. The number of sulfone groups is 1. The molecule has 2 aromatic carbocycles. The van der Waals surface area contributed by atoms with Crippen molar-refractivity contribution in [2.75, 3.05) is 19.0 Å². The van der Waals surface area contributed by atoms with Gasteiger partial charge in [-0.2, -0.15) is 0 Å². The quantitative estimate of drug-likeness (QED) is 0.612. The van der Waals surface area contributed by atoms with E-state index in [4.69, 9.17) is 14.7 Å². The lowest BCUT2D eigenvalue weighted by Crippen LogP contribution is -2.19. The van der Waals surface area contributed by atoms with Gasteiger partial charge in [-0.1, -0.05) is 19.1 Å². The summed E-state index contributed by atoms with van der Waals surface area (Å²) >= 11 is 0. The molecule has 2 N–H and O–H groups in total. The van der Waals surface area contributed by atoms with Gasteiger partial charge in [-0.15, -0.1) is 0 Å². The maximum Gasteiger partial charge on any atom is 0.274 e. The van der Waals surface area contributed by atoms with Gasteiger partial charge in [-0.05, 0) is 35.7 Å². The Labute approximate surface area is 151 Å². The number of carbonyl (C=O) groups is 1. The van der Waals surface area contributed by atoms with E-state index in [0.29, 0.717) is 24.7 Å². The highest BCUT2D eigenvalue weighted by Crippen LogP contribution is 2.33. The normalized spacial score (nSPS) is 14.5. The van der Waals surface area contributed by atoms with Crippen LogP contribution in [0.4, 0.5) is 0 Å². The fraction of sp³-hybridized carbons (Fsp3) is 0.278. The van der Waals surface area contributed by atoms with Crippen molar-refractivity contribution in [2.45, 2.75) is 17.7 Å². The first-order valence-electron chi connectivity index (χ1n) is 8.07. The second-order valence-electron chi connectivity index (χ2n) is 6.05. The van der Waals surface area contributed by atoms with Crippen LogP contribution in [0.5, 0.6) is 11.5 Å². The molecule has 0 spiro atoms. The van der Waals surface area contributed by atoms with Gasteiger partial charge in [0.05, 0.1) is 10.6 Å². The predicted octanol–water partition coefficient (Wildman–Crippen LogP) is 2.15. The minimum atomic E-state index is -3.53. The molecule has 138 valence electrons. The number of rotatable bonds is 5. The number of fused-ring (bicyclic) bond motifs is 1. The summed E-state index contributed by atoms with van der Waals surface area (Å²) in [7, 11) is -3.53. The van der Waals surface area contributed by atoms with E-state index in [0.717, 1.165) is 5.56 Å². The van der Waals surface area contributed by atoms with Crippen LogP contribution in [0, 0.1) is 0 Å². The van der Waals surface area contributed by atoms with Gasteiger partial charge in [-0.3, -0.25) is 10.0 Å². The number of carbonyl (C=O) groups excluding carboxylic acids is 1. The summed E-state index contributed by atoms with van der Waals surface area (Å²) in [5.74, 6) is -0.00376. The third-order valence-corrected chi connectivity index (χ3v) is 6.10. The third kappa shape index (κ3) is 3.81. The van der Waals surface area contributed by atoms with Crippen LogP contribution < -0.4 is 15.0 Å². The molecule has 1 unspecified atom stereocenters. The minimum Gasteiger partial charge on any atom is -0.486 e. The molecular weight excluding hydrogens is 358 g/mol. The van der Waals surface area contributed by atoms with Gasteiger partial charge >= 0.3 is 0 Å². The zero-order valence-corrected chi connectivity index (χ0v) is 15.0. The molecule has 1 aliphatic heterocycles. The summed E-state index contributed by atoms with van der Waals surface area (Å²) in [6.07, 6.45) is 0. The Kier molecular flexibility index (Phi) is 5.15. The summed E-state index contributed by atoms with van der Waals surface area (Å²) in [6.45, 7) is 2.64. The monoisotopic (exact) mass is 377 g/mol. The molecule has 0 fully saturated rings. The van der Waals surface area contributed by atoms with Crippen LogP contribution in [0.2, 0.25) is 0 Å². The molecule has 0 saturated carbocycles. The number of hydrogen-bond donors (Lipinski definition) is 2. The van der Waals surface area contributed by atoms with E-state index in [1.807, 2.05) is 0 Å². The van der Waals surface area contributed by atoms with Gasteiger partial charge < -0.3 is 9.47 Å². The van der Waals surface area contributed by atoms with E-state index < -0.39 is 15.7 Å². The summed E-state index contributed by atoms with van der Waals surface area (Å²) in [4.78, 5) is 11.5. The van der Waals surface area contributed by atoms with Crippen molar-refractivity contribution in [1.82, 2.24) is 5.48 Å². The Bertz CT molecular complexity index is 908. The first-order valence-corrected chi connectivity index (χ1v) is 9.73. The molecule has 0 bridgehead atoms. The zero-order valence-electron chi connectivity index (χ0n) is 14.1. The van der Waals surface area contributed by atoms with Gasteiger partial charge in [0.1, 0.15) is 13.2 Å². The van der Waals surface area contributed by atoms with Gasteiger partial charge in [0.25, 0.3) is 5.91 Å². The maximum absolute atomic E-state index is 12.7. The van der Waals surface area contributed by atoms with E-state index in [1.165, 1.54) is 24.3 Å². The lowest BCUT2D eigenvalue weighted by atomic mass is 10.0. The fourth-order valence-corrected chi connectivity index (χ4v) is 4.37. The smallest absolute Gasteiger partial charge is 0.274 e.